The summed E-state index contributed by atoms with van der Waals surface area (Å²) >= 11 is 0. The number of amides is 2. The van der Waals surface area contributed by atoms with Gasteiger partial charge in [0.05, 0.1) is 18.8 Å². The predicted molar refractivity (Wildman–Crippen MR) is 120 cm³/mol. The van der Waals surface area contributed by atoms with Crippen molar-refractivity contribution in [1.82, 2.24) is 14.4 Å². The van der Waals surface area contributed by atoms with E-state index in [-0.39, 0.29) is 24.2 Å². The first kappa shape index (κ1) is 19.7. The standard InChI is InChI=1S/C24H21N5O3/c30-23(11-16-3-2-10-25-13-16)26-18-4-1-5-19(12-18)32-20-8-9-22-27-21(15-29(22)14-20)28-24(31)17-6-7-17/h1-5,8-10,12-15,17H,6-7,11H2,(H,26,30)(H,28,31). The topological polar surface area (TPSA) is 97.6 Å². The number of carbonyl (C=O) groups excluding carboxylic acids is 2. The molecule has 3 aromatic heterocycles. The highest BCUT2D eigenvalue weighted by Crippen LogP contribution is 2.30. The number of anilines is 2. The van der Waals surface area contributed by atoms with E-state index in [2.05, 4.69) is 20.6 Å². The van der Waals surface area contributed by atoms with E-state index in [0.29, 0.717) is 28.7 Å². The molecule has 1 fully saturated rings. The quantitative estimate of drug-likeness (QED) is 0.464. The van der Waals surface area contributed by atoms with E-state index in [4.69, 9.17) is 4.74 Å². The van der Waals surface area contributed by atoms with Gasteiger partial charge in [0.15, 0.2) is 5.82 Å². The zero-order chi connectivity index (χ0) is 21.9. The largest absolute Gasteiger partial charge is 0.456 e. The Bertz CT molecular complexity index is 1280. The fraction of sp³-hybridized carbons (Fsp3) is 0.167. The van der Waals surface area contributed by atoms with Crippen molar-refractivity contribution in [1.29, 1.82) is 0 Å². The third-order valence-electron chi connectivity index (χ3n) is 5.06. The number of pyridine rings is 2. The van der Waals surface area contributed by atoms with Crippen LogP contribution in [0.5, 0.6) is 11.5 Å². The van der Waals surface area contributed by atoms with E-state index in [9.17, 15) is 9.59 Å². The highest BCUT2D eigenvalue weighted by molar-refractivity contribution is 5.93. The van der Waals surface area contributed by atoms with Crippen LogP contribution in [0.1, 0.15) is 18.4 Å². The molecule has 1 aliphatic rings. The van der Waals surface area contributed by atoms with E-state index in [1.54, 1.807) is 41.3 Å². The molecule has 1 aliphatic carbocycles. The molecule has 2 amide bonds. The molecule has 0 radical (unpaired) electrons. The third kappa shape index (κ3) is 4.75. The van der Waals surface area contributed by atoms with Gasteiger partial charge in [0.1, 0.15) is 17.1 Å². The molecule has 5 rings (SSSR count). The minimum absolute atomic E-state index is 0.0206. The van der Waals surface area contributed by atoms with Crippen LogP contribution >= 0.6 is 0 Å². The van der Waals surface area contributed by atoms with Crippen molar-refractivity contribution in [2.75, 3.05) is 10.6 Å². The van der Waals surface area contributed by atoms with Gasteiger partial charge in [0, 0.05) is 30.1 Å². The first-order chi connectivity index (χ1) is 15.6. The van der Waals surface area contributed by atoms with Gasteiger partial charge in [-0.05, 0) is 48.7 Å². The SMILES string of the molecule is O=C(Cc1cccnc1)Nc1cccc(Oc2ccc3nc(NC(=O)C4CC4)cn3c2)c1. The third-order valence-corrected chi connectivity index (χ3v) is 5.06. The minimum Gasteiger partial charge on any atom is -0.456 e. The molecular weight excluding hydrogens is 406 g/mol. The molecule has 8 nitrogen and oxygen atoms in total. The van der Waals surface area contributed by atoms with Crippen LogP contribution in [0.2, 0.25) is 0 Å². The average Bonchev–Trinajstić information content (AvgIpc) is 3.55. The van der Waals surface area contributed by atoms with E-state index >= 15 is 0 Å². The van der Waals surface area contributed by atoms with E-state index in [1.165, 1.54) is 0 Å². The first-order valence-electron chi connectivity index (χ1n) is 10.4. The predicted octanol–water partition coefficient (Wildman–Crippen LogP) is 4.05. The maximum Gasteiger partial charge on any atom is 0.228 e. The lowest BCUT2D eigenvalue weighted by Gasteiger charge is -2.09. The molecule has 2 N–H and O–H groups in total. The Morgan fingerprint density at radius 1 is 1.03 bits per heavy atom. The van der Waals surface area contributed by atoms with E-state index in [0.717, 1.165) is 18.4 Å². The van der Waals surface area contributed by atoms with Crippen molar-refractivity contribution in [2.45, 2.75) is 19.3 Å². The molecule has 0 unspecified atom stereocenters. The van der Waals surface area contributed by atoms with Crippen LogP contribution in [0.4, 0.5) is 11.5 Å². The number of hydrogen-bond acceptors (Lipinski definition) is 5. The number of imidazole rings is 1. The number of carbonyl (C=O) groups is 2. The second-order valence-corrected chi connectivity index (χ2v) is 7.74. The summed E-state index contributed by atoms with van der Waals surface area (Å²) in [7, 11) is 0. The minimum atomic E-state index is -0.129. The molecule has 1 aromatic carbocycles. The number of nitrogens with zero attached hydrogens (tertiary/aromatic N) is 3. The number of hydrogen-bond donors (Lipinski definition) is 2. The summed E-state index contributed by atoms with van der Waals surface area (Å²) in [5.74, 6) is 1.73. The number of rotatable bonds is 7. The zero-order valence-electron chi connectivity index (χ0n) is 17.2. The molecule has 3 heterocycles. The summed E-state index contributed by atoms with van der Waals surface area (Å²) in [6.45, 7) is 0. The Balaban J connectivity index is 1.25. The fourth-order valence-electron chi connectivity index (χ4n) is 3.33. The molecule has 0 bridgehead atoms. The van der Waals surface area contributed by atoms with Gasteiger partial charge in [-0.3, -0.25) is 14.6 Å². The normalized spacial score (nSPS) is 13.0. The fourth-order valence-corrected chi connectivity index (χ4v) is 3.33. The smallest absolute Gasteiger partial charge is 0.228 e. The summed E-state index contributed by atoms with van der Waals surface area (Å²) in [5, 5.41) is 5.73. The number of fused-ring (bicyclic) bond motifs is 1. The molecule has 0 atom stereocenters. The van der Waals surface area contributed by atoms with Crippen molar-refractivity contribution in [3.63, 3.8) is 0 Å². The Kier molecular flexibility index (Phi) is 5.25. The molecule has 1 saturated carbocycles. The van der Waals surface area contributed by atoms with Gasteiger partial charge in [0.2, 0.25) is 11.8 Å². The summed E-state index contributed by atoms with van der Waals surface area (Å²) in [4.78, 5) is 32.7. The second-order valence-electron chi connectivity index (χ2n) is 7.74. The molecule has 4 aromatic rings. The molecule has 0 aliphatic heterocycles. The van der Waals surface area contributed by atoms with Crippen molar-refractivity contribution in [2.24, 2.45) is 5.92 Å². The maximum atomic E-state index is 12.3. The van der Waals surface area contributed by atoms with Crippen LogP contribution in [-0.2, 0) is 16.0 Å². The molecule has 0 spiro atoms. The monoisotopic (exact) mass is 427 g/mol. The van der Waals surface area contributed by atoms with Gasteiger partial charge < -0.3 is 19.8 Å². The first-order valence-corrected chi connectivity index (χ1v) is 10.4. The summed E-state index contributed by atoms with van der Waals surface area (Å²) in [6.07, 6.45) is 9.04. The summed E-state index contributed by atoms with van der Waals surface area (Å²) < 4.78 is 7.77. The maximum absolute atomic E-state index is 12.3. The van der Waals surface area contributed by atoms with Gasteiger partial charge >= 0.3 is 0 Å². The Morgan fingerprint density at radius 2 is 1.94 bits per heavy atom. The number of benzene rings is 1. The van der Waals surface area contributed by atoms with Gasteiger partial charge in [-0.15, -0.1) is 0 Å². The van der Waals surface area contributed by atoms with Gasteiger partial charge in [0.25, 0.3) is 0 Å². The van der Waals surface area contributed by atoms with E-state index < -0.39 is 0 Å². The van der Waals surface area contributed by atoms with Crippen molar-refractivity contribution < 1.29 is 14.3 Å². The number of ether oxygens (including phenoxy) is 1. The second kappa shape index (κ2) is 8.50. The van der Waals surface area contributed by atoms with Crippen LogP contribution in [-0.4, -0.2) is 26.2 Å². The molecule has 0 saturated heterocycles. The Hall–Kier alpha value is -4.20. The molecule has 160 valence electrons. The summed E-state index contributed by atoms with van der Waals surface area (Å²) in [6, 6.07) is 14.5. The number of aromatic nitrogens is 3. The van der Waals surface area contributed by atoms with Gasteiger partial charge in [-0.25, -0.2) is 4.98 Å². The van der Waals surface area contributed by atoms with Crippen LogP contribution in [0.25, 0.3) is 5.65 Å². The lowest BCUT2D eigenvalue weighted by atomic mass is 10.2. The van der Waals surface area contributed by atoms with Crippen LogP contribution < -0.4 is 15.4 Å². The van der Waals surface area contributed by atoms with Crippen molar-refractivity contribution >= 4 is 29.0 Å². The Labute approximate surface area is 184 Å². The van der Waals surface area contributed by atoms with Crippen LogP contribution in [0, 0.1) is 5.92 Å². The zero-order valence-corrected chi connectivity index (χ0v) is 17.2. The van der Waals surface area contributed by atoms with Gasteiger partial charge in [-0.2, -0.15) is 0 Å². The molecule has 32 heavy (non-hydrogen) atoms. The lowest BCUT2D eigenvalue weighted by molar-refractivity contribution is -0.117. The van der Waals surface area contributed by atoms with Crippen LogP contribution in [0.15, 0.2) is 73.3 Å². The molecular formula is C24H21N5O3. The highest BCUT2D eigenvalue weighted by Gasteiger charge is 2.30. The highest BCUT2D eigenvalue weighted by atomic mass is 16.5. The lowest BCUT2D eigenvalue weighted by Crippen LogP contribution is -2.14. The van der Waals surface area contributed by atoms with Crippen molar-refractivity contribution in [3.8, 4) is 11.5 Å². The van der Waals surface area contributed by atoms with E-state index in [1.807, 2.05) is 36.4 Å². The Morgan fingerprint density at radius 3 is 2.75 bits per heavy atom. The number of nitrogens with one attached hydrogen (secondary N) is 2. The van der Waals surface area contributed by atoms with Crippen molar-refractivity contribution in [3.05, 3.63) is 78.9 Å². The summed E-state index contributed by atoms with van der Waals surface area (Å²) in [5.41, 5.74) is 2.20. The molecule has 8 heteroatoms. The van der Waals surface area contributed by atoms with Gasteiger partial charge in [-0.1, -0.05) is 12.1 Å². The average molecular weight is 427 g/mol. The van der Waals surface area contributed by atoms with Crippen LogP contribution in [0.3, 0.4) is 0 Å².